The van der Waals surface area contributed by atoms with Crippen molar-refractivity contribution in [2.24, 2.45) is 11.1 Å². The van der Waals surface area contributed by atoms with Crippen LogP contribution in [0.15, 0.2) is 24.4 Å². The van der Waals surface area contributed by atoms with E-state index in [-0.39, 0.29) is 32.4 Å². The van der Waals surface area contributed by atoms with Gasteiger partial charge in [0.1, 0.15) is 11.5 Å². The molecule has 0 unspecified atom stereocenters. The number of rotatable bonds is 2. The molecule has 1 aromatic heterocycles. The summed E-state index contributed by atoms with van der Waals surface area (Å²) in [6, 6.07) is 5.70. The van der Waals surface area contributed by atoms with Crippen molar-refractivity contribution < 1.29 is 0 Å². The number of hydrogen-bond donors (Lipinski definition) is 2. The summed E-state index contributed by atoms with van der Waals surface area (Å²) >= 11 is 12.3. The topological polar surface area (TPSA) is 81.1 Å². The maximum atomic E-state index is 6.27. The molecule has 1 aliphatic heterocycles. The van der Waals surface area contributed by atoms with E-state index in [0.717, 1.165) is 31.7 Å². The lowest BCUT2D eigenvalue weighted by Gasteiger charge is -2.44. The molecule has 0 amide bonds. The van der Waals surface area contributed by atoms with Crippen molar-refractivity contribution in [1.82, 2.24) is 9.97 Å². The van der Waals surface area contributed by atoms with Crippen LogP contribution < -0.4 is 16.4 Å². The third-order valence-corrected chi connectivity index (χ3v) is 6.26. The van der Waals surface area contributed by atoms with E-state index in [9.17, 15) is 0 Å². The second-order valence-corrected chi connectivity index (χ2v) is 7.53. The van der Waals surface area contributed by atoms with Gasteiger partial charge in [0.25, 0.3) is 0 Å². The summed E-state index contributed by atoms with van der Waals surface area (Å²) < 4.78 is 0. The Labute approximate surface area is 177 Å². The van der Waals surface area contributed by atoms with Crippen LogP contribution in [0.4, 0.5) is 11.6 Å². The average Bonchev–Trinajstić information content (AvgIpc) is 3.04. The van der Waals surface area contributed by atoms with Crippen molar-refractivity contribution in [3.8, 4) is 11.3 Å². The maximum Gasteiger partial charge on any atom is 0.152 e. The van der Waals surface area contributed by atoms with Gasteiger partial charge in [0.15, 0.2) is 5.82 Å². The van der Waals surface area contributed by atoms with Gasteiger partial charge in [-0.3, -0.25) is 0 Å². The van der Waals surface area contributed by atoms with Crippen molar-refractivity contribution in [3.05, 3.63) is 34.4 Å². The molecule has 4 rings (SSSR count). The first-order valence-corrected chi connectivity index (χ1v) is 8.83. The number of anilines is 2. The standard InChI is InChI=1S/C17H19Cl2N5.2H2S/c18-11-3-1-2-10(14(11)19)15-16(21)23-13(8-22-15)24-7-6-17(9-24)5-4-12(17)20;;/h1-3,8,12H,4-7,9,20H2,(H2,21,23);2*1H2/t12-,17-;;/m0../s1. The lowest BCUT2D eigenvalue weighted by molar-refractivity contribution is 0.122. The Hall–Kier alpha value is -0.860. The van der Waals surface area contributed by atoms with Crippen LogP contribution >= 0.6 is 50.2 Å². The van der Waals surface area contributed by atoms with E-state index in [0.29, 0.717) is 33.2 Å². The summed E-state index contributed by atoms with van der Waals surface area (Å²) in [5.74, 6) is 1.15. The van der Waals surface area contributed by atoms with E-state index < -0.39 is 0 Å². The van der Waals surface area contributed by atoms with Crippen LogP contribution in [0.1, 0.15) is 19.3 Å². The molecule has 2 heterocycles. The molecular formula is C17H23Cl2N5S2. The molecule has 26 heavy (non-hydrogen) atoms. The van der Waals surface area contributed by atoms with E-state index in [1.807, 2.05) is 12.1 Å². The molecule has 9 heteroatoms. The second kappa shape index (κ2) is 8.02. The maximum absolute atomic E-state index is 6.27. The minimum atomic E-state index is 0. The Kier molecular flexibility index (Phi) is 6.62. The Morgan fingerprint density at radius 3 is 2.54 bits per heavy atom. The molecule has 1 aromatic carbocycles. The molecule has 1 spiro atoms. The van der Waals surface area contributed by atoms with Crippen LogP contribution in [0.5, 0.6) is 0 Å². The second-order valence-electron chi connectivity index (χ2n) is 6.74. The predicted molar refractivity (Wildman–Crippen MR) is 119 cm³/mol. The Bertz CT molecular complexity index is 807. The van der Waals surface area contributed by atoms with E-state index in [4.69, 9.17) is 34.7 Å². The lowest BCUT2D eigenvalue weighted by Crippen LogP contribution is -2.52. The van der Waals surface area contributed by atoms with E-state index in [1.165, 1.54) is 6.42 Å². The molecule has 1 saturated carbocycles. The minimum Gasteiger partial charge on any atom is -0.382 e. The van der Waals surface area contributed by atoms with Gasteiger partial charge in [-0.05, 0) is 25.3 Å². The number of halogens is 2. The number of nitrogens with zero attached hydrogens (tertiary/aromatic N) is 3. The number of aromatic nitrogens is 2. The molecule has 1 saturated heterocycles. The Morgan fingerprint density at radius 1 is 1.19 bits per heavy atom. The average molecular weight is 432 g/mol. The number of hydrogen-bond acceptors (Lipinski definition) is 5. The van der Waals surface area contributed by atoms with Crippen molar-refractivity contribution >= 4 is 61.8 Å². The molecule has 0 radical (unpaired) electrons. The van der Waals surface area contributed by atoms with Gasteiger partial charge in [0.2, 0.25) is 0 Å². The van der Waals surface area contributed by atoms with Crippen LogP contribution in [0.3, 0.4) is 0 Å². The molecule has 5 nitrogen and oxygen atoms in total. The first-order valence-electron chi connectivity index (χ1n) is 8.08. The summed E-state index contributed by atoms with van der Waals surface area (Å²) in [7, 11) is 0. The highest BCUT2D eigenvalue weighted by Gasteiger charge is 2.49. The van der Waals surface area contributed by atoms with Crippen LogP contribution in [0, 0.1) is 5.41 Å². The summed E-state index contributed by atoms with van der Waals surface area (Å²) in [6.45, 7) is 1.87. The van der Waals surface area contributed by atoms with E-state index >= 15 is 0 Å². The molecule has 0 bridgehead atoms. The third-order valence-electron chi connectivity index (χ3n) is 5.44. The van der Waals surface area contributed by atoms with Gasteiger partial charge >= 0.3 is 0 Å². The lowest BCUT2D eigenvalue weighted by atomic mass is 9.64. The van der Waals surface area contributed by atoms with Crippen LogP contribution in [-0.2, 0) is 0 Å². The molecular weight excluding hydrogens is 409 g/mol. The van der Waals surface area contributed by atoms with Gasteiger partial charge in [-0.2, -0.15) is 27.0 Å². The zero-order valence-electron chi connectivity index (χ0n) is 14.2. The molecule has 2 aromatic rings. The Morgan fingerprint density at radius 2 is 1.96 bits per heavy atom. The Balaban J connectivity index is 0.00000121. The number of benzene rings is 1. The van der Waals surface area contributed by atoms with Gasteiger partial charge in [0.05, 0.1) is 16.2 Å². The van der Waals surface area contributed by atoms with Crippen LogP contribution in [0.2, 0.25) is 10.0 Å². The fourth-order valence-electron chi connectivity index (χ4n) is 3.76. The highest BCUT2D eigenvalue weighted by molar-refractivity contribution is 7.59. The first-order chi connectivity index (χ1) is 11.5. The monoisotopic (exact) mass is 431 g/mol. The quantitative estimate of drug-likeness (QED) is 0.758. The van der Waals surface area contributed by atoms with Crippen molar-refractivity contribution in [1.29, 1.82) is 0 Å². The van der Waals surface area contributed by atoms with Crippen molar-refractivity contribution in [2.45, 2.75) is 25.3 Å². The van der Waals surface area contributed by atoms with Gasteiger partial charge in [-0.25, -0.2) is 9.97 Å². The molecule has 4 N–H and O–H groups in total. The molecule has 1 aliphatic carbocycles. The van der Waals surface area contributed by atoms with E-state index in [1.54, 1.807) is 12.3 Å². The van der Waals surface area contributed by atoms with Crippen molar-refractivity contribution in [2.75, 3.05) is 23.7 Å². The zero-order chi connectivity index (χ0) is 16.9. The molecule has 2 aliphatic rings. The van der Waals surface area contributed by atoms with Crippen LogP contribution in [-0.4, -0.2) is 29.1 Å². The fourth-order valence-corrected chi connectivity index (χ4v) is 4.15. The highest BCUT2D eigenvalue weighted by atomic mass is 35.5. The normalized spacial score (nSPS) is 24.0. The van der Waals surface area contributed by atoms with Gasteiger partial charge in [0, 0.05) is 30.1 Å². The largest absolute Gasteiger partial charge is 0.382 e. The molecule has 142 valence electrons. The molecule has 2 atom stereocenters. The first kappa shape index (κ1) is 21.4. The SMILES string of the molecule is Nc1nc(N2CC[C@@]3(CC[C@@H]3N)C2)cnc1-c1cccc(Cl)c1Cl.S.S. The predicted octanol–water partition coefficient (Wildman–Crippen LogP) is 3.58. The summed E-state index contributed by atoms with van der Waals surface area (Å²) in [5, 5.41) is 0.911. The van der Waals surface area contributed by atoms with Gasteiger partial charge < -0.3 is 16.4 Å². The minimum absolute atomic E-state index is 0. The van der Waals surface area contributed by atoms with Crippen LogP contribution in [0.25, 0.3) is 11.3 Å². The van der Waals surface area contributed by atoms with E-state index in [2.05, 4.69) is 14.9 Å². The summed E-state index contributed by atoms with van der Waals surface area (Å²) in [6.07, 6.45) is 5.18. The fraction of sp³-hybridized carbons (Fsp3) is 0.412. The highest BCUT2D eigenvalue weighted by Crippen LogP contribution is 2.48. The number of nitrogens with two attached hydrogens (primary N) is 2. The molecule has 2 fully saturated rings. The van der Waals surface area contributed by atoms with Gasteiger partial charge in [-0.1, -0.05) is 35.3 Å². The third kappa shape index (κ3) is 3.47. The summed E-state index contributed by atoms with van der Waals surface area (Å²) in [5.41, 5.74) is 13.9. The smallest absolute Gasteiger partial charge is 0.152 e. The zero-order valence-corrected chi connectivity index (χ0v) is 17.7. The van der Waals surface area contributed by atoms with Crippen molar-refractivity contribution in [3.63, 3.8) is 0 Å². The number of nitrogen functional groups attached to an aromatic ring is 1. The van der Waals surface area contributed by atoms with Gasteiger partial charge in [-0.15, -0.1) is 0 Å². The summed E-state index contributed by atoms with van der Waals surface area (Å²) in [4.78, 5) is 11.3.